The summed E-state index contributed by atoms with van der Waals surface area (Å²) in [5.41, 5.74) is -0.594. The Morgan fingerprint density at radius 1 is 1.44 bits per heavy atom. The van der Waals surface area contributed by atoms with Crippen molar-refractivity contribution in [2.75, 3.05) is 12.0 Å². The van der Waals surface area contributed by atoms with Crippen LogP contribution in [-0.4, -0.2) is 31.1 Å². The molecule has 3 nitrogen and oxygen atoms in total. The van der Waals surface area contributed by atoms with Crippen molar-refractivity contribution in [3.05, 3.63) is 0 Å². The first kappa shape index (κ1) is 14.0. The molecule has 1 aliphatic carbocycles. The highest BCUT2D eigenvalue weighted by atomic mass is 32.2. The zero-order valence-electron chi connectivity index (χ0n) is 10.4. The first-order valence-electron chi connectivity index (χ1n) is 6.25. The molecule has 1 N–H and O–H groups in total. The van der Waals surface area contributed by atoms with E-state index in [1.54, 1.807) is 0 Å². The van der Waals surface area contributed by atoms with Crippen molar-refractivity contribution < 1.29 is 13.5 Å². The maximum atomic E-state index is 11.0. The van der Waals surface area contributed by atoms with E-state index in [-0.39, 0.29) is 5.75 Å². The lowest BCUT2D eigenvalue weighted by Crippen LogP contribution is -2.35. The Hall–Kier alpha value is -0.0900. The maximum Gasteiger partial charge on any atom is 0.147 e. The van der Waals surface area contributed by atoms with Crippen LogP contribution in [0, 0.1) is 5.92 Å². The van der Waals surface area contributed by atoms with Gasteiger partial charge in [0.1, 0.15) is 9.84 Å². The first-order valence-corrected chi connectivity index (χ1v) is 8.31. The van der Waals surface area contributed by atoms with E-state index >= 15 is 0 Å². The lowest BCUT2D eigenvalue weighted by Gasteiger charge is -2.36. The molecule has 0 aromatic rings. The Kier molecular flexibility index (Phi) is 4.80. The van der Waals surface area contributed by atoms with Crippen LogP contribution in [0.4, 0.5) is 0 Å². The van der Waals surface area contributed by atoms with Crippen LogP contribution in [0.15, 0.2) is 0 Å². The second-order valence-corrected chi connectivity index (χ2v) is 7.59. The smallest absolute Gasteiger partial charge is 0.147 e. The van der Waals surface area contributed by atoms with Crippen LogP contribution in [0.5, 0.6) is 0 Å². The second kappa shape index (κ2) is 5.50. The molecular formula is C12H24O3S. The van der Waals surface area contributed by atoms with Crippen LogP contribution in [0.1, 0.15) is 51.9 Å². The zero-order valence-corrected chi connectivity index (χ0v) is 11.2. The first-order chi connectivity index (χ1) is 7.35. The van der Waals surface area contributed by atoms with Crippen LogP contribution in [0.25, 0.3) is 0 Å². The lowest BCUT2D eigenvalue weighted by atomic mass is 9.75. The van der Waals surface area contributed by atoms with Crippen molar-refractivity contribution in [1.82, 2.24) is 0 Å². The zero-order chi connectivity index (χ0) is 12.2. The van der Waals surface area contributed by atoms with Gasteiger partial charge in [-0.05, 0) is 31.6 Å². The molecule has 0 spiro atoms. The molecule has 0 amide bonds. The quantitative estimate of drug-likeness (QED) is 0.811. The summed E-state index contributed by atoms with van der Waals surface area (Å²) in [7, 11) is -2.88. The largest absolute Gasteiger partial charge is 0.390 e. The SMILES string of the molecule is CCC1CCCC(O)(CCCS(C)(=O)=O)C1. The predicted octanol–water partition coefficient (Wildman–Crippen LogP) is 2.14. The van der Waals surface area contributed by atoms with Crippen molar-refractivity contribution in [2.45, 2.75) is 57.5 Å². The van der Waals surface area contributed by atoms with Gasteiger partial charge in [-0.15, -0.1) is 0 Å². The molecule has 1 aliphatic rings. The van der Waals surface area contributed by atoms with Crippen LogP contribution in [0.3, 0.4) is 0 Å². The highest BCUT2D eigenvalue weighted by Gasteiger charge is 2.33. The second-order valence-electron chi connectivity index (χ2n) is 5.33. The van der Waals surface area contributed by atoms with Crippen molar-refractivity contribution in [3.8, 4) is 0 Å². The average Bonchev–Trinajstić information content (AvgIpc) is 2.15. The molecule has 1 rings (SSSR count). The van der Waals surface area contributed by atoms with Gasteiger partial charge >= 0.3 is 0 Å². The number of hydrogen-bond acceptors (Lipinski definition) is 3. The molecule has 0 bridgehead atoms. The van der Waals surface area contributed by atoms with E-state index in [9.17, 15) is 13.5 Å². The molecule has 2 atom stereocenters. The summed E-state index contributed by atoms with van der Waals surface area (Å²) in [4.78, 5) is 0. The Morgan fingerprint density at radius 2 is 2.12 bits per heavy atom. The highest BCUT2D eigenvalue weighted by molar-refractivity contribution is 7.90. The highest BCUT2D eigenvalue weighted by Crippen LogP contribution is 2.36. The summed E-state index contributed by atoms with van der Waals surface area (Å²) >= 11 is 0. The summed E-state index contributed by atoms with van der Waals surface area (Å²) in [6.45, 7) is 2.16. The summed E-state index contributed by atoms with van der Waals surface area (Å²) in [5.74, 6) is 0.823. The Morgan fingerprint density at radius 3 is 2.69 bits per heavy atom. The van der Waals surface area contributed by atoms with Gasteiger partial charge in [-0.3, -0.25) is 0 Å². The summed E-state index contributed by atoms with van der Waals surface area (Å²) < 4.78 is 22.0. The predicted molar refractivity (Wildman–Crippen MR) is 66.1 cm³/mol. The minimum atomic E-state index is -2.88. The van der Waals surface area contributed by atoms with Crippen LogP contribution >= 0.6 is 0 Å². The minimum absolute atomic E-state index is 0.200. The minimum Gasteiger partial charge on any atom is -0.390 e. The van der Waals surface area contributed by atoms with Crippen molar-refractivity contribution in [2.24, 2.45) is 5.92 Å². The van der Waals surface area contributed by atoms with E-state index < -0.39 is 15.4 Å². The summed E-state index contributed by atoms with van der Waals surface area (Å²) in [5, 5.41) is 10.4. The monoisotopic (exact) mass is 248 g/mol. The van der Waals surface area contributed by atoms with Gasteiger partial charge in [0.2, 0.25) is 0 Å². The van der Waals surface area contributed by atoms with Crippen molar-refractivity contribution in [1.29, 1.82) is 0 Å². The van der Waals surface area contributed by atoms with Gasteiger partial charge in [-0.25, -0.2) is 8.42 Å². The number of hydrogen-bond donors (Lipinski definition) is 1. The molecular weight excluding hydrogens is 224 g/mol. The molecule has 96 valence electrons. The third-order valence-corrected chi connectivity index (χ3v) is 4.69. The standard InChI is InChI=1S/C12H24O3S/c1-3-11-6-4-7-12(13,10-11)8-5-9-16(2,14)15/h11,13H,3-10H2,1-2H3. The van der Waals surface area contributed by atoms with Crippen molar-refractivity contribution in [3.63, 3.8) is 0 Å². The summed E-state index contributed by atoms with van der Waals surface area (Å²) in [6.07, 6.45) is 7.59. The van der Waals surface area contributed by atoms with Crippen molar-refractivity contribution >= 4 is 9.84 Å². The fraction of sp³-hybridized carbons (Fsp3) is 1.00. The third-order valence-electron chi connectivity index (χ3n) is 3.66. The maximum absolute atomic E-state index is 11.0. The molecule has 0 heterocycles. The average molecular weight is 248 g/mol. The summed E-state index contributed by atoms with van der Waals surface area (Å²) in [6, 6.07) is 0. The molecule has 1 fully saturated rings. The molecule has 4 heteroatoms. The van der Waals surface area contributed by atoms with E-state index in [1.165, 1.54) is 12.7 Å². The molecule has 0 aliphatic heterocycles. The fourth-order valence-electron chi connectivity index (χ4n) is 2.70. The Labute approximate surface area is 99.2 Å². The molecule has 0 saturated heterocycles. The Bertz CT molecular complexity index is 310. The topological polar surface area (TPSA) is 54.4 Å². The van der Waals surface area contributed by atoms with Crippen LogP contribution in [-0.2, 0) is 9.84 Å². The van der Waals surface area contributed by atoms with Gasteiger partial charge in [0, 0.05) is 12.0 Å². The molecule has 0 radical (unpaired) electrons. The lowest BCUT2D eigenvalue weighted by molar-refractivity contribution is -0.0239. The molecule has 16 heavy (non-hydrogen) atoms. The van der Waals surface area contributed by atoms with E-state index in [0.717, 1.165) is 25.7 Å². The van der Waals surface area contributed by atoms with Gasteiger partial charge in [0.25, 0.3) is 0 Å². The van der Waals surface area contributed by atoms with Gasteiger partial charge < -0.3 is 5.11 Å². The van der Waals surface area contributed by atoms with Gasteiger partial charge in [0.15, 0.2) is 0 Å². The molecule has 1 saturated carbocycles. The number of rotatable bonds is 5. The normalized spacial score (nSPS) is 31.6. The third kappa shape index (κ3) is 4.83. The van der Waals surface area contributed by atoms with Gasteiger partial charge in [-0.2, -0.15) is 0 Å². The van der Waals surface area contributed by atoms with E-state index in [2.05, 4.69) is 6.92 Å². The fourth-order valence-corrected chi connectivity index (χ4v) is 3.37. The van der Waals surface area contributed by atoms with Crippen LogP contribution < -0.4 is 0 Å². The number of aliphatic hydroxyl groups is 1. The molecule has 2 unspecified atom stereocenters. The molecule has 0 aromatic carbocycles. The van der Waals surface area contributed by atoms with Crippen LogP contribution in [0.2, 0.25) is 0 Å². The van der Waals surface area contributed by atoms with Gasteiger partial charge in [-0.1, -0.05) is 26.2 Å². The number of sulfone groups is 1. The van der Waals surface area contributed by atoms with E-state index in [0.29, 0.717) is 18.8 Å². The van der Waals surface area contributed by atoms with E-state index in [1.807, 2.05) is 0 Å². The molecule has 0 aromatic heterocycles. The van der Waals surface area contributed by atoms with E-state index in [4.69, 9.17) is 0 Å². The Balaban J connectivity index is 2.39. The van der Waals surface area contributed by atoms with Gasteiger partial charge in [0.05, 0.1) is 5.60 Å².